The smallest absolute Gasteiger partial charge is 0.263 e. The van der Waals surface area contributed by atoms with Gasteiger partial charge < -0.3 is 4.90 Å². The molecule has 0 aliphatic carbocycles. The van der Waals surface area contributed by atoms with Crippen molar-refractivity contribution >= 4 is 50.7 Å². The van der Waals surface area contributed by atoms with Crippen molar-refractivity contribution in [2.45, 2.75) is 4.90 Å². The molecule has 0 spiro atoms. The normalized spacial score (nSPS) is 15.3. The number of hydrogen-bond acceptors (Lipinski definition) is 3. The molecular weight excluding hydrogens is 392 g/mol. The van der Waals surface area contributed by atoms with Gasteiger partial charge >= 0.3 is 0 Å². The van der Waals surface area contributed by atoms with Crippen LogP contribution in [0.15, 0.2) is 94.9 Å². The number of thiazole rings is 1. The van der Waals surface area contributed by atoms with E-state index in [-0.39, 0.29) is 0 Å². The molecule has 1 aliphatic heterocycles. The summed E-state index contributed by atoms with van der Waals surface area (Å²) in [5, 5.41) is 2.48. The van der Waals surface area contributed by atoms with E-state index < -0.39 is 0 Å². The Balaban J connectivity index is 1.63. The summed E-state index contributed by atoms with van der Waals surface area (Å²) in [4.78, 5) is 3.59. The summed E-state index contributed by atoms with van der Waals surface area (Å²) in [6.45, 7) is 0. The minimum atomic E-state index is 1.22. The molecule has 1 aromatic heterocycles. The van der Waals surface area contributed by atoms with Crippen molar-refractivity contribution < 1.29 is 4.57 Å². The molecule has 2 heterocycles. The average Bonchev–Trinajstić information content (AvgIpc) is 3.25. The Morgan fingerprint density at radius 1 is 0.897 bits per heavy atom. The number of allylic oxidation sites excluding steroid dienone is 2. The Bertz CT molecular complexity index is 1250. The second kappa shape index (κ2) is 7.54. The molecule has 0 amide bonds. The maximum atomic E-state index is 2.31. The van der Waals surface area contributed by atoms with Crippen molar-refractivity contribution in [3.8, 4) is 0 Å². The molecule has 0 fully saturated rings. The van der Waals surface area contributed by atoms with Gasteiger partial charge in [0.1, 0.15) is 11.7 Å². The first-order chi connectivity index (χ1) is 14.2. The molecule has 0 N–H and O–H groups in total. The molecule has 4 heteroatoms. The van der Waals surface area contributed by atoms with Gasteiger partial charge in [-0.05, 0) is 35.4 Å². The van der Waals surface area contributed by atoms with Gasteiger partial charge in [0.05, 0.1) is 10.7 Å². The predicted molar refractivity (Wildman–Crippen MR) is 126 cm³/mol. The lowest BCUT2D eigenvalue weighted by Gasteiger charge is -2.14. The Labute approximate surface area is 179 Å². The number of aromatic nitrogens is 1. The van der Waals surface area contributed by atoms with Gasteiger partial charge in [0.15, 0.2) is 0 Å². The zero-order chi connectivity index (χ0) is 19.8. The molecule has 0 unspecified atom stereocenters. The predicted octanol–water partition coefficient (Wildman–Crippen LogP) is 6.35. The molecule has 0 radical (unpaired) electrons. The van der Waals surface area contributed by atoms with Crippen LogP contribution in [0.4, 0.5) is 5.69 Å². The molecule has 0 saturated carbocycles. The lowest BCUT2D eigenvalue weighted by Crippen LogP contribution is -2.28. The van der Waals surface area contributed by atoms with E-state index >= 15 is 0 Å². The highest BCUT2D eigenvalue weighted by molar-refractivity contribution is 8.03. The van der Waals surface area contributed by atoms with Gasteiger partial charge in [-0.3, -0.25) is 0 Å². The molecule has 2 nitrogen and oxygen atoms in total. The lowest BCUT2D eigenvalue weighted by atomic mass is 10.1. The van der Waals surface area contributed by atoms with Crippen molar-refractivity contribution in [2.75, 3.05) is 11.9 Å². The van der Waals surface area contributed by atoms with Crippen molar-refractivity contribution in [1.29, 1.82) is 0 Å². The number of thioether (sulfide) groups is 1. The molecule has 0 atom stereocenters. The summed E-state index contributed by atoms with van der Waals surface area (Å²) in [6.07, 6.45) is 4.62. The van der Waals surface area contributed by atoms with Crippen LogP contribution in [0.25, 0.3) is 21.9 Å². The minimum Gasteiger partial charge on any atom is -0.338 e. The number of nitrogens with zero attached hydrogens (tertiary/aromatic N) is 2. The maximum Gasteiger partial charge on any atom is 0.263 e. The summed E-state index contributed by atoms with van der Waals surface area (Å²) in [5.41, 5.74) is 4.98. The summed E-state index contributed by atoms with van der Waals surface area (Å²) in [7, 11) is 4.29. The van der Waals surface area contributed by atoms with Gasteiger partial charge in [-0.2, -0.15) is 4.57 Å². The van der Waals surface area contributed by atoms with E-state index in [0.717, 1.165) is 0 Å². The third kappa shape index (κ3) is 3.39. The third-order valence-corrected chi connectivity index (χ3v) is 7.54. The number of para-hydroxylation sites is 2. The number of rotatable bonds is 3. The van der Waals surface area contributed by atoms with Crippen LogP contribution in [0.2, 0.25) is 0 Å². The minimum absolute atomic E-state index is 1.22. The Kier molecular flexibility index (Phi) is 4.74. The van der Waals surface area contributed by atoms with Crippen LogP contribution >= 0.6 is 23.1 Å². The van der Waals surface area contributed by atoms with Gasteiger partial charge in [0, 0.05) is 24.1 Å². The van der Waals surface area contributed by atoms with Crippen LogP contribution < -0.4 is 9.47 Å². The number of benzene rings is 3. The number of anilines is 1. The zero-order valence-corrected chi connectivity index (χ0v) is 18.0. The van der Waals surface area contributed by atoms with E-state index in [1.165, 1.54) is 42.0 Å². The number of fused-ring (bicyclic) bond motifs is 2. The van der Waals surface area contributed by atoms with E-state index in [1.54, 1.807) is 0 Å². The van der Waals surface area contributed by atoms with Crippen LogP contribution in [0.5, 0.6) is 0 Å². The van der Waals surface area contributed by atoms with Crippen LogP contribution in [0.3, 0.4) is 0 Å². The fraction of sp³-hybridized carbons (Fsp3) is 0.0800. The van der Waals surface area contributed by atoms with Gasteiger partial charge in [0.25, 0.3) is 5.01 Å². The molecule has 29 heavy (non-hydrogen) atoms. The molecule has 1 aliphatic rings. The SMILES string of the molecule is CN1/C(=C\C(=C\c2sc3ccccc3[n+]2C)c2ccccc2)Sc2ccccc21. The van der Waals surface area contributed by atoms with Gasteiger partial charge in [-0.15, -0.1) is 0 Å². The highest BCUT2D eigenvalue weighted by atomic mass is 32.2. The molecule has 3 aromatic carbocycles. The van der Waals surface area contributed by atoms with Gasteiger partial charge in [0.2, 0.25) is 5.52 Å². The Morgan fingerprint density at radius 2 is 1.62 bits per heavy atom. The highest BCUT2D eigenvalue weighted by Crippen LogP contribution is 2.45. The van der Waals surface area contributed by atoms with Crippen LogP contribution in [-0.2, 0) is 7.05 Å². The van der Waals surface area contributed by atoms with Gasteiger partial charge in [-0.1, -0.05) is 77.7 Å². The van der Waals surface area contributed by atoms with E-state index in [4.69, 9.17) is 0 Å². The van der Waals surface area contributed by atoms with E-state index in [0.29, 0.717) is 0 Å². The second-order valence-corrected chi connectivity index (χ2v) is 9.17. The van der Waals surface area contributed by atoms with Crippen LogP contribution in [0.1, 0.15) is 10.6 Å². The summed E-state index contributed by atoms with van der Waals surface area (Å²) in [6, 6.07) is 27.8. The summed E-state index contributed by atoms with van der Waals surface area (Å²) in [5.74, 6) is 0. The molecule has 4 aromatic rings. The van der Waals surface area contributed by atoms with Crippen molar-refractivity contribution in [3.05, 3.63) is 101 Å². The van der Waals surface area contributed by atoms with Crippen LogP contribution in [-0.4, -0.2) is 7.05 Å². The van der Waals surface area contributed by atoms with E-state index in [2.05, 4.69) is 115 Å². The quantitative estimate of drug-likeness (QED) is 0.361. The topological polar surface area (TPSA) is 7.12 Å². The fourth-order valence-electron chi connectivity index (χ4n) is 3.60. The Hall–Kier alpha value is -2.82. The lowest BCUT2D eigenvalue weighted by molar-refractivity contribution is -0.642. The second-order valence-electron chi connectivity index (χ2n) is 7.04. The third-order valence-electron chi connectivity index (χ3n) is 5.21. The van der Waals surface area contributed by atoms with Crippen molar-refractivity contribution in [1.82, 2.24) is 0 Å². The highest BCUT2D eigenvalue weighted by Gasteiger charge is 2.22. The van der Waals surface area contributed by atoms with Gasteiger partial charge in [-0.25, -0.2) is 0 Å². The fourth-order valence-corrected chi connectivity index (χ4v) is 5.80. The first-order valence-corrected chi connectivity index (χ1v) is 11.2. The number of hydrogen-bond donors (Lipinski definition) is 0. The molecular formula is C25H21N2S2+. The van der Waals surface area contributed by atoms with Crippen LogP contribution in [0, 0.1) is 0 Å². The molecule has 142 valence electrons. The monoisotopic (exact) mass is 413 g/mol. The summed E-state index contributed by atoms with van der Waals surface area (Å²) < 4.78 is 3.59. The average molecular weight is 414 g/mol. The molecule has 0 bridgehead atoms. The van der Waals surface area contributed by atoms with Crippen molar-refractivity contribution in [3.63, 3.8) is 0 Å². The molecule has 0 saturated heterocycles. The van der Waals surface area contributed by atoms with E-state index in [9.17, 15) is 0 Å². The van der Waals surface area contributed by atoms with Crippen molar-refractivity contribution in [2.24, 2.45) is 7.05 Å². The summed E-state index contributed by atoms with van der Waals surface area (Å²) >= 11 is 3.66. The maximum absolute atomic E-state index is 2.31. The Morgan fingerprint density at radius 3 is 2.41 bits per heavy atom. The molecule has 5 rings (SSSR count). The number of aryl methyl sites for hydroxylation is 1. The van der Waals surface area contributed by atoms with E-state index in [1.807, 2.05) is 23.1 Å². The standard InChI is InChI=1S/C25H21N2S2/c1-26-20-12-6-8-14-22(20)28-24(26)16-19(18-10-4-3-5-11-18)17-25-27(2)21-13-7-9-15-23(21)29-25/h3-17H,1-2H3/q+1. The largest absolute Gasteiger partial charge is 0.338 e. The first-order valence-electron chi connectivity index (χ1n) is 9.58. The zero-order valence-electron chi connectivity index (χ0n) is 16.4. The first kappa shape index (κ1) is 18.2.